The summed E-state index contributed by atoms with van der Waals surface area (Å²) in [6.07, 6.45) is 3.79. The lowest BCUT2D eigenvalue weighted by Crippen LogP contribution is -2.42. The minimum atomic E-state index is -3.52. The van der Waals surface area contributed by atoms with Gasteiger partial charge in [-0.25, -0.2) is 12.4 Å². The lowest BCUT2D eigenvalue weighted by Gasteiger charge is -2.37. The molecule has 2 aromatic rings. The molecule has 1 amide bonds. The zero-order valence-corrected chi connectivity index (χ0v) is 20.9. The van der Waals surface area contributed by atoms with Gasteiger partial charge < -0.3 is 14.7 Å². The van der Waals surface area contributed by atoms with E-state index < -0.39 is 21.9 Å². The summed E-state index contributed by atoms with van der Waals surface area (Å²) in [6, 6.07) is 5.64. The van der Waals surface area contributed by atoms with E-state index >= 15 is 0 Å². The molecule has 10 heteroatoms. The molecule has 0 unspecified atom stereocenters. The molecule has 0 radical (unpaired) electrons. The zero-order valence-electron chi connectivity index (χ0n) is 20.1. The van der Waals surface area contributed by atoms with Crippen LogP contribution in [0.15, 0.2) is 18.2 Å². The van der Waals surface area contributed by atoms with Gasteiger partial charge in [0.1, 0.15) is 0 Å². The van der Waals surface area contributed by atoms with E-state index in [0.717, 1.165) is 49.2 Å². The molecule has 35 heavy (non-hydrogen) atoms. The summed E-state index contributed by atoms with van der Waals surface area (Å²) in [5.74, 6) is -1.62. The summed E-state index contributed by atoms with van der Waals surface area (Å²) in [7, 11) is -3.52. The van der Waals surface area contributed by atoms with Crippen LogP contribution in [-0.2, 0) is 32.5 Å². The van der Waals surface area contributed by atoms with Crippen molar-refractivity contribution in [1.82, 2.24) is 13.8 Å². The van der Waals surface area contributed by atoms with Crippen LogP contribution in [0, 0.1) is 5.92 Å². The van der Waals surface area contributed by atoms with Crippen LogP contribution in [0.3, 0.4) is 0 Å². The number of carboxylic acids is 1. The summed E-state index contributed by atoms with van der Waals surface area (Å²) < 4.78 is 33.2. The molecule has 0 aliphatic carbocycles. The van der Waals surface area contributed by atoms with Gasteiger partial charge in [-0.05, 0) is 56.4 Å². The number of amides is 1. The number of ether oxygens (including phenoxy) is 1. The van der Waals surface area contributed by atoms with Crippen LogP contribution >= 0.6 is 0 Å². The second kappa shape index (κ2) is 9.55. The highest BCUT2D eigenvalue weighted by atomic mass is 32.2. The number of carbonyl (C=O) groups is 2. The van der Waals surface area contributed by atoms with Crippen LogP contribution in [-0.4, -0.2) is 83.8 Å². The van der Waals surface area contributed by atoms with Crippen molar-refractivity contribution in [3.8, 4) is 0 Å². The molecule has 5 rings (SSSR count). The third-order valence-corrected chi connectivity index (χ3v) is 9.49. The van der Waals surface area contributed by atoms with E-state index in [-0.39, 0.29) is 18.2 Å². The maximum Gasteiger partial charge on any atom is 0.308 e. The van der Waals surface area contributed by atoms with Crippen LogP contribution in [0.25, 0.3) is 10.9 Å². The number of aliphatic carboxylic acids is 1. The van der Waals surface area contributed by atoms with Crippen molar-refractivity contribution in [1.29, 1.82) is 0 Å². The Bertz CT molecular complexity index is 1250. The van der Waals surface area contributed by atoms with Crippen LogP contribution < -0.4 is 0 Å². The Morgan fingerprint density at radius 1 is 1.14 bits per heavy atom. The third kappa shape index (κ3) is 4.47. The number of carboxylic acid groups (broad SMARTS) is 1. The predicted octanol–water partition coefficient (Wildman–Crippen LogP) is 2.31. The Kier molecular flexibility index (Phi) is 6.63. The summed E-state index contributed by atoms with van der Waals surface area (Å²) in [5.41, 5.74) is 2.88. The zero-order chi connectivity index (χ0) is 24.7. The number of piperidine rings is 1. The van der Waals surface area contributed by atoms with Gasteiger partial charge in [-0.2, -0.15) is 0 Å². The number of benzene rings is 1. The number of hydrogen-bond donors (Lipinski definition) is 1. The highest BCUT2D eigenvalue weighted by molar-refractivity contribution is 7.90. The van der Waals surface area contributed by atoms with Crippen molar-refractivity contribution in [3.05, 3.63) is 35.0 Å². The lowest BCUT2D eigenvalue weighted by atomic mass is 9.97. The Morgan fingerprint density at radius 2 is 1.91 bits per heavy atom. The first-order valence-corrected chi connectivity index (χ1v) is 14.1. The highest BCUT2D eigenvalue weighted by Crippen LogP contribution is 2.35. The molecule has 1 N–H and O–H groups in total. The van der Waals surface area contributed by atoms with E-state index in [0.29, 0.717) is 49.5 Å². The van der Waals surface area contributed by atoms with E-state index in [9.17, 15) is 23.1 Å². The van der Waals surface area contributed by atoms with Crippen molar-refractivity contribution in [3.63, 3.8) is 0 Å². The first-order chi connectivity index (χ1) is 16.8. The first-order valence-electron chi connectivity index (χ1n) is 12.5. The standard InChI is InChI=1S/C25H33N3O6S/c1-2-35(32,33)28-22-6-5-17(24(29)27-10-3-4-18(15-27)25(30)31)14-20(22)21-16-26(11-7-23(21)28)19-8-12-34-13-9-19/h5-6,14,18-19H,2-4,7-13,15-16H2,1H3,(H,30,31)/t18-/m0/s1. The molecule has 1 atom stereocenters. The highest BCUT2D eigenvalue weighted by Gasteiger charge is 2.33. The van der Waals surface area contributed by atoms with Gasteiger partial charge in [-0.1, -0.05) is 0 Å². The average molecular weight is 504 g/mol. The van der Waals surface area contributed by atoms with Crippen molar-refractivity contribution >= 4 is 32.8 Å². The minimum Gasteiger partial charge on any atom is -0.481 e. The number of fused-ring (bicyclic) bond motifs is 3. The summed E-state index contributed by atoms with van der Waals surface area (Å²) >= 11 is 0. The quantitative estimate of drug-likeness (QED) is 0.667. The topological polar surface area (TPSA) is 109 Å². The van der Waals surface area contributed by atoms with Gasteiger partial charge in [-0.3, -0.25) is 14.5 Å². The van der Waals surface area contributed by atoms with Gasteiger partial charge >= 0.3 is 5.97 Å². The van der Waals surface area contributed by atoms with E-state index in [1.165, 1.54) is 3.97 Å². The normalized spacial score (nSPS) is 22.3. The molecule has 4 heterocycles. The molecular formula is C25H33N3O6S. The first kappa shape index (κ1) is 24.3. The Labute approximate surface area is 205 Å². The van der Waals surface area contributed by atoms with Gasteiger partial charge in [-0.15, -0.1) is 0 Å². The molecule has 1 aromatic carbocycles. The smallest absolute Gasteiger partial charge is 0.308 e. The fourth-order valence-corrected chi connectivity index (χ4v) is 7.08. The number of likely N-dealkylation sites (tertiary alicyclic amines) is 1. The van der Waals surface area contributed by atoms with Gasteiger partial charge in [0.15, 0.2) is 0 Å². The Hall–Kier alpha value is -2.43. The fourth-order valence-electron chi connectivity index (χ4n) is 5.83. The number of aromatic nitrogens is 1. The maximum absolute atomic E-state index is 13.3. The average Bonchev–Trinajstić information content (AvgIpc) is 3.22. The summed E-state index contributed by atoms with van der Waals surface area (Å²) in [6.45, 7) is 5.30. The van der Waals surface area contributed by atoms with Crippen molar-refractivity contribution in [2.75, 3.05) is 38.6 Å². The largest absolute Gasteiger partial charge is 0.481 e. The molecule has 190 valence electrons. The van der Waals surface area contributed by atoms with Crippen molar-refractivity contribution < 1.29 is 27.9 Å². The molecule has 1 aromatic heterocycles. The molecular weight excluding hydrogens is 470 g/mol. The monoisotopic (exact) mass is 503 g/mol. The van der Waals surface area contributed by atoms with Gasteiger partial charge in [0.05, 0.1) is 17.2 Å². The summed E-state index contributed by atoms with van der Waals surface area (Å²) in [5, 5.41) is 10.2. The molecule has 0 bridgehead atoms. The molecule has 2 fully saturated rings. The Balaban J connectivity index is 1.54. The second-order valence-electron chi connectivity index (χ2n) is 9.81. The molecule has 2 saturated heterocycles. The predicted molar refractivity (Wildman–Crippen MR) is 131 cm³/mol. The SMILES string of the molecule is CCS(=O)(=O)n1c2c(c3cc(C(=O)N4CCC[C@H](C(=O)O)C4)ccc31)CN(C1CCOCC1)CC2. The van der Waals surface area contributed by atoms with E-state index in [1.807, 2.05) is 6.07 Å². The van der Waals surface area contributed by atoms with Crippen LogP contribution in [0.5, 0.6) is 0 Å². The van der Waals surface area contributed by atoms with Crippen molar-refractivity contribution in [2.45, 2.75) is 51.6 Å². The van der Waals surface area contributed by atoms with E-state index in [2.05, 4.69) is 4.90 Å². The van der Waals surface area contributed by atoms with Gasteiger partial charge in [0.25, 0.3) is 5.91 Å². The van der Waals surface area contributed by atoms with Crippen LogP contribution in [0.2, 0.25) is 0 Å². The summed E-state index contributed by atoms with van der Waals surface area (Å²) in [4.78, 5) is 28.8. The number of rotatable bonds is 5. The van der Waals surface area contributed by atoms with Crippen molar-refractivity contribution in [2.24, 2.45) is 5.92 Å². The molecule has 0 spiro atoms. The molecule has 3 aliphatic heterocycles. The maximum atomic E-state index is 13.3. The van der Waals surface area contributed by atoms with E-state index in [1.54, 1.807) is 24.0 Å². The molecule has 9 nitrogen and oxygen atoms in total. The third-order valence-electron chi connectivity index (χ3n) is 7.79. The van der Waals surface area contributed by atoms with Crippen LogP contribution in [0.1, 0.15) is 54.2 Å². The molecule has 3 aliphatic rings. The number of hydrogen-bond acceptors (Lipinski definition) is 6. The van der Waals surface area contributed by atoms with Gasteiger partial charge in [0.2, 0.25) is 10.0 Å². The Morgan fingerprint density at radius 3 is 2.63 bits per heavy atom. The second-order valence-corrected chi connectivity index (χ2v) is 11.9. The number of nitrogens with zero attached hydrogens (tertiary/aromatic N) is 3. The number of carbonyl (C=O) groups excluding carboxylic acids is 1. The van der Waals surface area contributed by atoms with Gasteiger partial charge in [0, 0.05) is 68.5 Å². The fraction of sp³-hybridized carbons (Fsp3) is 0.600. The lowest BCUT2D eigenvalue weighted by molar-refractivity contribution is -0.143. The van der Waals surface area contributed by atoms with Crippen LogP contribution in [0.4, 0.5) is 0 Å². The van der Waals surface area contributed by atoms with E-state index in [4.69, 9.17) is 4.74 Å². The molecule has 0 saturated carbocycles. The minimum absolute atomic E-state index is 0.00205.